The van der Waals surface area contributed by atoms with Gasteiger partial charge in [-0.15, -0.1) is 11.3 Å². The first kappa shape index (κ1) is 14.7. The highest BCUT2D eigenvalue weighted by molar-refractivity contribution is 7.10. The Morgan fingerprint density at radius 1 is 1.47 bits per heavy atom. The first-order chi connectivity index (χ1) is 8.20. The van der Waals surface area contributed by atoms with Crippen LogP contribution in [0.15, 0.2) is 11.4 Å². The molecular weight excluding hydrogens is 230 g/mol. The topological polar surface area (TPSA) is 21.3 Å². The lowest BCUT2D eigenvalue weighted by Gasteiger charge is -2.25. The Hall–Kier alpha value is -0.380. The number of ether oxygens (including phenoxy) is 1. The highest BCUT2D eigenvalue weighted by Crippen LogP contribution is 2.31. The van der Waals surface area contributed by atoms with Gasteiger partial charge in [-0.3, -0.25) is 0 Å². The summed E-state index contributed by atoms with van der Waals surface area (Å²) in [7, 11) is 1.78. The van der Waals surface area contributed by atoms with Gasteiger partial charge in [0, 0.05) is 24.6 Å². The average Bonchev–Trinajstić information content (AvgIpc) is 2.73. The van der Waals surface area contributed by atoms with Gasteiger partial charge in [0.2, 0.25) is 0 Å². The van der Waals surface area contributed by atoms with Gasteiger partial charge >= 0.3 is 0 Å². The zero-order chi connectivity index (χ0) is 12.7. The Balaban J connectivity index is 2.69. The summed E-state index contributed by atoms with van der Waals surface area (Å²) in [6.45, 7) is 8.65. The summed E-state index contributed by atoms with van der Waals surface area (Å²) in [5.41, 5.74) is 1.41. The molecule has 0 saturated heterocycles. The van der Waals surface area contributed by atoms with Crippen molar-refractivity contribution in [1.82, 2.24) is 5.32 Å². The fourth-order valence-corrected chi connectivity index (χ4v) is 3.16. The third-order valence-corrected chi connectivity index (χ3v) is 4.25. The third-order valence-electron chi connectivity index (χ3n) is 3.14. The van der Waals surface area contributed by atoms with Crippen LogP contribution in [0.3, 0.4) is 0 Å². The van der Waals surface area contributed by atoms with E-state index in [0.29, 0.717) is 12.0 Å². The van der Waals surface area contributed by atoms with Crippen molar-refractivity contribution in [2.24, 2.45) is 5.92 Å². The molecule has 98 valence electrons. The summed E-state index contributed by atoms with van der Waals surface area (Å²) >= 11 is 1.87. The number of hydrogen-bond donors (Lipinski definition) is 1. The monoisotopic (exact) mass is 255 g/mol. The Morgan fingerprint density at radius 2 is 2.24 bits per heavy atom. The van der Waals surface area contributed by atoms with E-state index in [1.165, 1.54) is 16.9 Å². The van der Waals surface area contributed by atoms with Gasteiger partial charge in [-0.2, -0.15) is 0 Å². The van der Waals surface area contributed by atoms with Crippen molar-refractivity contribution in [1.29, 1.82) is 0 Å². The minimum Gasteiger partial charge on any atom is -0.385 e. The fourth-order valence-electron chi connectivity index (χ4n) is 2.03. The number of hydrogen-bond acceptors (Lipinski definition) is 3. The van der Waals surface area contributed by atoms with Crippen molar-refractivity contribution in [3.63, 3.8) is 0 Å². The molecule has 0 aliphatic rings. The molecule has 0 aliphatic heterocycles. The molecular formula is C14H25NOS. The molecule has 1 heterocycles. The zero-order valence-electron chi connectivity index (χ0n) is 11.5. The molecule has 0 aromatic carbocycles. The Bertz CT molecular complexity index is 311. The van der Waals surface area contributed by atoms with Gasteiger partial charge in [0.15, 0.2) is 0 Å². The second-order valence-corrected chi connectivity index (χ2v) is 5.61. The molecule has 17 heavy (non-hydrogen) atoms. The molecule has 0 aliphatic carbocycles. The van der Waals surface area contributed by atoms with Gasteiger partial charge in [-0.25, -0.2) is 0 Å². The summed E-state index contributed by atoms with van der Waals surface area (Å²) < 4.78 is 5.19. The van der Waals surface area contributed by atoms with E-state index in [-0.39, 0.29) is 0 Å². The van der Waals surface area contributed by atoms with Crippen molar-refractivity contribution in [3.05, 3.63) is 21.9 Å². The first-order valence-corrected chi connectivity index (χ1v) is 7.35. The molecule has 2 unspecified atom stereocenters. The Kier molecular flexibility index (Phi) is 6.78. The summed E-state index contributed by atoms with van der Waals surface area (Å²) in [6.07, 6.45) is 2.28. The molecule has 0 amide bonds. The third kappa shape index (κ3) is 4.41. The second-order valence-electron chi connectivity index (χ2n) is 4.66. The van der Waals surface area contributed by atoms with Crippen molar-refractivity contribution in [3.8, 4) is 0 Å². The predicted octanol–water partition coefficient (Wildman–Crippen LogP) is 3.77. The minimum absolute atomic E-state index is 0.477. The highest BCUT2D eigenvalue weighted by Gasteiger charge is 2.20. The maximum Gasteiger partial charge on any atom is 0.0465 e. The van der Waals surface area contributed by atoms with E-state index >= 15 is 0 Å². The maximum atomic E-state index is 5.19. The summed E-state index contributed by atoms with van der Waals surface area (Å²) in [5, 5.41) is 5.86. The smallest absolute Gasteiger partial charge is 0.0465 e. The second kappa shape index (κ2) is 7.85. The SMILES string of the molecule is CCCNC(c1sccc1C)C(C)CCOC. The van der Waals surface area contributed by atoms with E-state index in [2.05, 4.69) is 37.5 Å². The zero-order valence-corrected chi connectivity index (χ0v) is 12.3. The lowest BCUT2D eigenvalue weighted by Crippen LogP contribution is -2.28. The van der Waals surface area contributed by atoms with E-state index in [1.807, 2.05) is 11.3 Å². The van der Waals surface area contributed by atoms with E-state index in [0.717, 1.165) is 19.6 Å². The number of rotatable bonds is 8. The largest absolute Gasteiger partial charge is 0.385 e. The molecule has 0 saturated carbocycles. The molecule has 1 aromatic heterocycles. The Morgan fingerprint density at radius 3 is 2.76 bits per heavy atom. The van der Waals surface area contributed by atoms with Crippen LogP contribution in [0.5, 0.6) is 0 Å². The minimum atomic E-state index is 0.477. The van der Waals surface area contributed by atoms with Crippen LogP contribution in [0.25, 0.3) is 0 Å². The molecule has 2 atom stereocenters. The standard InChI is InChI=1S/C14H25NOS/c1-5-8-15-13(11(2)6-9-16-4)14-12(3)7-10-17-14/h7,10-11,13,15H,5-6,8-9H2,1-4H3. The molecule has 1 rings (SSSR count). The Labute approximate surface area is 109 Å². The molecule has 1 N–H and O–H groups in total. The molecule has 0 fully saturated rings. The van der Waals surface area contributed by atoms with E-state index in [4.69, 9.17) is 4.74 Å². The van der Waals surface area contributed by atoms with Crippen LogP contribution in [0.2, 0.25) is 0 Å². The van der Waals surface area contributed by atoms with Crippen LogP contribution in [0.4, 0.5) is 0 Å². The lowest BCUT2D eigenvalue weighted by atomic mass is 9.95. The van der Waals surface area contributed by atoms with E-state index < -0.39 is 0 Å². The van der Waals surface area contributed by atoms with Gasteiger partial charge in [0.25, 0.3) is 0 Å². The molecule has 2 nitrogen and oxygen atoms in total. The summed E-state index contributed by atoms with van der Waals surface area (Å²) in [4.78, 5) is 1.49. The molecule has 0 bridgehead atoms. The van der Waals surface area contributed by atoms with Crippen LogP contribution in [0.1, 0.15) is 43.2 Å². The lowest BCUT2D eigenvalue weighted by molar-refractivity contribution is 0.170. The molecule has 0 spiro atoms. The van der Waals surface area contributed by atoms with Gasteiger partial charge in [0.05, 0.1) is 0 Å². The quantitative estimate of drug-likeness (QED) is 0.763. The van der Waals surface area contributed by atoms with Gasteiger partial charge in [0.1, 0.15) is 0 Å². The van der Waals surface area contributed by atoms with Crippen LogP contribution < -0.4 is 5.32 Å². The van der Waals surface area contributed by atoms with E-state index in [1.54, 1.807) is 7.11 Å². The number of methoxy groups -OCH3 is 1. The van der Waals surface area contributed by atoms with Crippen molar-refractivity contribution >= 4 is 11.3 Å². The molecule has 3 heteroatoms. The predicted molar refractivity (Wildman–Crippen MR) is 75.7 cm³/mol. The van der Waals surface area contributed by atoms with Crippen molar-refractivity contribution in [2.75, 3.05) is 20.3 Å². The van der Waals surface area contributed by atoms with Gasteiger partial charge in [-0.1, -0.05) is 13.8 Å². The average molecular weight is 255 g/mol. The number of aryl methyl sites for hydroxylation is 1. The van der Waals surface area contributed by atoms with Crippen LogP contribution in [-0.4, -0.2) is 20.3 Å². The molecule has 0 radical (unpaired) electrons. The van der Waals surface area contributed by atoms with Crippen LogP contribution in [0, 0.1) is 12.8 Å². The normalized spacial score (nSPS) is 14.8. The van der Waals surface area contributed by atoms with E-state index in [9.17, 15) is 0 Å². The summed E-state index contributed by atoms with van der Waals surface area (Å²) in [5.74, 6) is 0.610. The van der Waals surface area contributed by atoms with Crippen LogP contribution in [-0.2, 0) is 4.74 Å². The summed E-state index contributed by atoms with van der Waals surface area (Å²) in [6, 6.07) is 2.69. The van der Waals surface area contributed by atoms with Crippen LogP contribution >= 0.6 is 11.3 Å². The number of thiophene rings is 1. The molecule has 1 aromatic rings. The van der Waals surface area contributed by atoms with Gasteiger partial charge in [-0.05, 0) is 49.2 Å². The van der Waals surface area contributed by atoms with Gasteiger partial charge < -0.3 is 10.1 Å². The number of nitrogens with one attached hydrogen (secondary N) is 1. The van der Waals surface area contributed by atoms with Crippen molar-refractivity contribution in [2.45, 2.75) is 39.7 Å². The highest BCUT2D eigenvalue weighted by atomic mass is 32.1. The maximum absolute atomic E-state index is 5.19. The first-order valence-electron chi connectivity index (χ1n) is 6.47. The fraction of sp³-hybridized carbons (Fsp3) is 0.714. The van der Waals surface area contributed by atoms with Crippen molar-refractivity contribution < 1.29 is 4.74 Å².